The molecule has 9 heteroatoms. The number of ether oxygens (including phenoxy) is 1. The van der Waals surface area contributed by atoms with Gasteiger partial charge < -0.3 is 8.92 Å². The molecule has 1 saturated heterocycles. The second-order valence-electron chi connectivity index (χ2n) is 6.32. The van der Waals surface area contributed by atoms with Crippen molar-refractivity contribution in [2.75, 3.05) is 19.3 Å². The molecule has 0 spiro atoms. The minimum absolute atomic E-state index is 0.0103. The molecule has 1 amide bonds. The van der Waals surface area contributed by atoms with Crippen LogP contribution < -0.4 is 9.50 Å². The molecular formula is C17H25N3O5S. The molecule has 1 aliphatic heterocycles. The summed E-state index contributed by atoms with van der Waals surface area (Å²) in [5.74, 6) is 0.312. The average molecular weight is 383 g/mol. The summed E-state index contributed by atoms with van der Waals surface area (Å²) in [6.45, 7) is 3.77. The van der Waals surface area contributed by atoms with Gasteiger partial charge in [-0.15, -0.1) is 0 Å². The van der Waals surface area contributed by atoms with E-state index in [2.05, 4.69) is 10.2 Å². The van der Waals surface area contributed by atoms with Gasteiger partial charge in [-0.2, -0.15) is 8.42 Å². The maximum absolute atomic E-state index is 11.9. The number of nitrogens with zero attached hydrogens (tertiary/aromatic N) is 1. The number of hydrogen-bond acceptors (Lipinski definition) is 7. The van der Waals surface area contributed by atoms with Crippen LogP contribution in [0.5, 0.6) is 5.75 Å². The summed E-state index contributed by atoms with van der Waals surface area (Å²) in [6.07, 6.45) is 3.71. The fourth-order valence-electron chi connectivity index (χ4n) is 2.70. The molecule has 1 atom stereocenters. The summed E-state index contributed by atoms with van der Waals surface area (Å²) in [5.41, 5.74) is 0.677. The molecule has 0 bridgehead atoms. The van der Waals surface area contributed by atoms with Gasteiger partial charge in [0.2, 0.25) is 0 Å². The van der Waals surface area contributed by atoms with Crippen LogP contribution in [0, 0.1) is 5.41 Å². The number of piperidine rings is 1. The van der Waals surface area contributed by atoms with Crippen LogP contribution in [0.25, 0.3) is 0 Å². The SMILES string of the molecule is CC(C(=N)NC(=O)OCc1ccc(OS(C)(=O)=O)cc1)N1CCCCC1. The largest absolute Gasteiger partial charge is 0.444 e. The number of nitrogens with one attached hydrogen (secondary N) is 2. The summed E-state index contributed by atoms with van der Waals surface area (Å²) in [4.78, 5) is 14.0. The Hall–Kier alpha value is -2.13. The molecule has 8 nitrogen and oxygen atoms in total. The van der Waals surface area contributed by atoms with Crippen molar-refractivity contribution in [2.24, 2.45) is 0 Å². The third-order valence-corrected chi connectivity index (χ3v) is 4.63. The number of amidine groups is 1. The van der Waals surface area contributed by atoms with Gasteiger partial charge >= 0.3 is 16.2 Å². The molecule has 144 valence electrons. The molecular weight excluding hydrogens is 358 g/mol. The number of benzene rings is 1. The predicted molar refractivity (Wildman–Crippen MR) is 97.8 cm³/mol. The molecule has 1 fully saturated rings. The lowest BCUT2D eigenvalue weighted by Gasteiger charge is -2.32. The zero-order chi connectivity index (χ0) is 19.2. The molecule has 1 aromatic rings. The van der Waals surface area contributed by atoms with E-state index < -0.39 is 16.2 Å². The summed E-state index contributed by atoms with van der Waals surface area (Å²) < 4.78 is 31.9. The second-order valence-corrected chi connectivity index (χ2v) is 7.89. The van der Waals surface area contributed by atoms with E-state index in [9.17, 15) is 13.2 Å². The molecule has 1 aromatic carbocycles. The van der Waals surface area contributed by atoms with E-state index in [-0.39, 0.29) is 24.2 Å². The van der Waals surface area contributed by atoms with Gasteiger partial charge in [0.15, 0.2) is 0 Å². The number of carbonyl (C=O) groups excluding carboxylic acids is 1. The minimum Gasteiger partial charge on any atom is -0.444 e. The van der Waals surface area contributed by atoms with Crippen molar-refractivity contribution < 1.29 is 22.1 Å². The molecule has 0 aliphatic carbocycles. The van der Waals surface area contributed by atoms with Gasteiger partial charge in [0.25, 0.3) is 0 Å². The van der Waals surface area contributed by atoms with Crippen molar-refractivity contribution in [3.05, 3.63) is 29.8 Å². The smallest absolute Gasteiger partial charge is 0.412 e. The monoisotopic (exact) mass is 383 g/mol. The van der Waals surface area contributed by atoms with Crippen LogP contribution in [0.4, 0.5) is 4.79 Å². The molecule has 1 aliphatic rings. The Kier molecular flexibility index (Phi) is 6.98. The lowest BCUT2D eigenvalue weighted by atomic mass is 10.1. The van der Waals surface area contributed by atoms with Crippen molar-refractivity contribution in [3.63, 3.8) is 0 Å². The Balaban J connectivity index is 1.78. The van der Waals surface area contributed by atoms with Gasteiger partial charge in [-0.3, -0.25) is 15.6 Å². The molecule has 1 heterocycles. The lowest BCUT2D eigenvalue weighted by Crippen LogP contribution is -2.48. The Labute approximate surface area is 154 Å². The zero-order valence-corrected chi connectivity index (χ0v) is 15.8. The summed E-state index contributed by atoms with van der Waals surface area (Å²) in [6, 6.07) is 6.02. The highest BCUT2D eigenvalue weighted by Gasteiger charge is 2.21. The Morgan fingerprint density at radius 2 is 1.85 bits per heavy atom. The van der Waals surface area contributed by atoms with E-state index in [1.165, 1.54) is 18.6 Å². The van der Waals surface area contributed by atoms with Crippen LogP contribution >= 0.6 is 0 Å². The average Bonchev–Trinajstić information content (AvgIpc) is 2.60. The highest BCUT2D eigenvalue weighted by molar-refractivity contribution is 7.86. The molecule has 0 radical (unpaired) electrons. The fraction of sp³-hybridized carbons (Fsp3) is 0.529. The highest BCUT2D eigenvalue weighted by Crippen LogP contribution is 2.15. The van der Waals surface area contributed by atoms with Crippen molar-refractivity contribution >= 4 is 22.0 Å². The lowest BCUT2D eigenvalue weighted by molar-refractivity contribution is 0.143. The maximum atomic E-state index is 11.9. The Morgan fingerprint density at radius 1 is 1.23 bits per heavy atom. The maximum Gasteiger partial charge on any atom is 0.412 e. The Morgan fingerprint density at radius 3 is 2.42 bits per heavy atom. The van der Waals surface area contributed by atoms with E-state index >= 15 is 0 Å². The van der Waals surface area contributed by atoms with Gasteiger partial charge in [0.05, 0.1) is 12.3 Å². The third kappa shape index (κ3) is 6.64. The summed E-state index contributed by atoms with van der Waals surface area (Å²) in [7, 11) is -3.57. The van der Waals surface area contributed by atoms with Crippen LogP contribution in [0.2, 0.25) is 0 Å². The van der Waals surface area contributed by atoms with Crippen LogP contribution in [0.1, 0.15) is 31.7 Å². The van der Waals surface area contributed by atoms with Crippen molar-refractivity contribution in [1.82, 2.24) is 10.2 Å². The van der Waals surface area contributed by atoms with E-state index in [4.69, 9.17) is 14.3 Å². The third-order valence-electron chi connectivity index (χ3n) is 4.13. The fourth-order valence-corrected chi connectivity index (χ4v) is 3.16. The first-order chi connectivity index (χ1) is 12.2. The Bertz CT molecular complexity index is 727. The predicted octanol–water partition coefficient (Wildman–Crippen LogP) is 2.10. The first-order valence-corrected chi connectivity index (χ1v) is 10.3. The normalized spacial score (nSPS) is 16.5. The highest BCUT2D eigenvalue weighted by atomic mass is 32.2. The van der Waals surface area contributed by atoms with Gasteiger partial charge in [0.1, 0.15) is 18.2 Å². The van der Waals surface area contributed by atoms with Crippen LogP contribution in [0.3, 0.4) is 0 Å². The standard InChI is InChI=1S/C17H25N3O5S/c1-13(20-10-4-3-5-11-20)16(18)19-17(21)24-12-14-6-8-15(9-7-14)25-26(2,22)23/h6-9,13H,3-5,10-12H2,1-2H3,(H2,18,19,21). The number of hydrogen-bond donors (Lipinski definition) is 2. The van der Waals surface area contributed by atoms with E-state index in [0.29, 0.717) is 5.56 Å². The van der Waals surface area contributed by atoms with Crippen molar-refractivity contribution in [3.8, 4) is 5.75 Å². The first kappa shape index (κ1) is 20.2. The van der Waals surface area contributed by atoms with Gasteiger partial charge in [-0.05, 0) is 50.6 Å². The summed E-state index contributed by atoms with van der Waals surface area (Å²) >= 11 is 0. The van der Waals surface area contributed by atoms with Gasteiger partial charge in [-0.1, -0.05) is 18.6 Å². The molecule has 2 rings (SSSR count). The van der Waals surface area contributed by atoms with Gasteiger partial charge in [-0.25, -0.2) is 4.79 Å². The van der Waals surface area contributed by atoms with Crippen LogP contribution in [0.15, 0.2) is 24.3 Å². The van der Waals surface area contributed by atoms with Crippen molar-refractivity contribution in [1.29, 1.82) is 5.41 Å². The van der Waals surface area contributed by atoms with Crippen molar-refractivity contribution in [2.45, 2.75) is 38.8 Å². The first-order valence-electron chi connectivity index (χ1n) is 8.49. The number of alkyl carbamates (subject to hydrolysis) is 1. The van der Waals surface area contributed by atoms with E-state index in [1.807, 2.05) is 6.92 Å². The molecule has 1 unspecified atom stereocenters. The van der Waals surface area contributed by atoms with E-state index in [0.717, 1.165) is 32.2 Å². The molecule has 2 N–H and O–H groups in total. The molecule has 0 saturated carbocycles. The summed E-state index contributed by atoms with van der Waals surface area (Å²) in [5, 5.41) is 10.5. The number of carbonyl (C=O) groups is 1. The number of likely N-dealkylation sites (tertiary alicyclic amines) is 1. The van der Waals surface area contributed by atoms with E-state index in [1.54, 1.807) is 12.1 Å². The van der Waals surface area contributed by atoms with Crippen LogP contribution in [-0.2, 0) is 21.5 Å². The molecule has 0 aromatic heterocycles. The second kappa shape index (κ2) is 9.00. The minimum atomic E-state index is -3.57. The molecule has 26 heavy (non-hydrogen) atoms. The topological polar surface area (TPSA) is 109 Å². The van der Waals surface area contributed by atoms with Gasteiger partial charge in [0, 0.05) is 0 Å². The quantitative estimate of drug-likeness (QED) is 0.442. The zero-order valence-electron chi connectivity index (χ0n) is 15.0. The number of rotatable bonds is 6. The number of amides is 1. The van der Waals surface area contributed by atoms with Crippen LogP contribution in [-0.4, -0.2) is 50.6 Å².